The van der Waals surface area contributed by atoms with E-state index in [9.17, 15) is 9.90 Å². The zero-order valence-corrected chi connectivity index (χ0v) is 14.5. The van der Waals surface area contributed by atoms with Crippen molar-refractivity contribution in [3.8, 4) is 0 Å². The van der Waals surface area contributed by atoms with Crippen molar-refractivity contribution in [2.75, 3.05) is 0 Å². The molecule has 0 aromatic heterocycles. The fourth-order valence-electron chi connectivity index (χ4n) is 7.45. The third-order valence-corrected chi connectivity index (χ3v) is 8.98. The fourth-order valence-corrected chi connectivity index (χ4v) is 7.45. The van der Waals surface area contributed by atoms with Gasteiger partial charge in [-0.25, -0.2) is 0 Å². The van der Waals surface area contributed by atoms with E-state index in [1.54, 1.807) is 0 Å². The van der Waals surface area contributed by atoms with Gasteiger partial charge in [0.1, 0.15) is 5.78 Å². The zero-order chi connectivity index (χ0) is 15.7. The van der Waals surface area contributed by atoms with Gasteiger partial charge in [-0.1, -0.05) is 20.8 Å². The fraction of sp³-hybridized carbons (Fsp3) is 0.950. The van der Waals surface area contributed by atoms with E-state index in [1.165, 1.54) is 32.1 Å². The van der Waals surface area contributed by atoms with Crippen molar-refractivity contribution in [3.63, 3.8) is 0 Å². The molecule has 22 heavy (non-hydrogen) atoms. The predicted octanol–water partition coefficient (Wildman–Crippen LogP) is 4.21. The molecule has 0 saturated heterocycles. The van der Waals surface area contributed by atoms with Crippen molar-refractivity contribution in [2.45, 2.75) is 78.2 Å². The number of hydrogen-bond acceptors (Lipinski definition) is 2. The lowest BCUT2D eigenvalue weighted by Crippen LogP contribution is -2.56. The summed E-state index contributed by atoms with van der Waals surface area (Å²) >= 11 is 0. The Kier molecular flexibility index (Phi) is 3.32. The van der Waals surface area contributed by atoms with Crippen molar-refractivity contribution >= 4 is 5.78 Å². The van der Waals surface area contributed by atoms with Crippen LogP contribution >= 0.6 is 0 Å². The molecule has 0 aliphatic heterocycles. The molecule has 0 amide bonds. The first-order valence-electron chi connectivity index (χ1n) is 9.57. The molecular weight excluding hydrogens is 272 g/mol. The lowest BCUT2D eigenvalue weighted by molar-refractivity contribution is -0.154. The number of Topliss-reactive ketones (excluding diaryl/α,β-unsaturated/α-hetero) is 1. The number of hydrogen-bond donors (Lipinski definition) is 1. The molecule has 0 heterocycles. The van der Waals surface area contributed by atoms with Gasteiger partial charge in [0, 0.05) is 12.8 Å². The van der Waals surface area contributed by atoms with Gasteiger partial charge < -0.3 is 5.11 Å². The Morgan fingerprint density at radius 2 is 1.77 bits per heavy atom. The van der Waals surface area contributed by atoms with Crippen LogP contribution in [-0.2, 0) is 4.79 Å². The molecular formula is C20H32O2. The second-order valence-corrected chi connectivity index (χ2v) is 9.50. The van der Waals surface area contributed by atoms with Crippen LogP contribution < -0.4 is 0 Å². The van der Waals surface area contributed by atoms with Crippen molar-refractivity contribution in [2.24, 2.45) is 40.4 Å². The summed E-state index contributed by atoms with van der Waals surface area (Å²) in [4.78, 5) is 12.1. The normalized spacial score (nSPS) is 57.9. The van der Waals surface area contributed by atoms with E-state index in [4.69, 9.17) is 0 Å². The first-order chi connectivity index (χ1) is 10.4. The Morgan fingerprint density at radius 3 is 2.55 bits per heavy atom. The maximum Gasteiger partial charge on any atom is 0.133 e. The second kappa shape index (κ2) is 4.82. The average Bonchev–Trinajstić information content (AvgIpc) is 2.77. The van der Waals surface area contributed by atoms with Crippen molar-refractivity contribution < 1.29 is 9.90 Å². The topological polar surface area (TPSA) is 37.3 Å². The molecule has 4 saturated carbocycles. The number of fused-ring (bicyclic) bond motifs is 5. The first-order valence-corrected chi connectivity index (χ1v) is 9.57. The van der Waals surface area contributed by atoms with Crippen LogP contribution in [0.5, 0.6) is 0 Å². The van der Waals surface area contributed by atoms with E-state index in [0.717, 1.165) is 37.0 Å². The van der Waals surface area contributed by atoms with Gasteiger partial charge in [-0.15, -0.1) is 0 Å². The quantitative estimate of drug-likeness (QED) is 0.728. The predicted molar refractivity (Wildman–Crippen MR) is 87.3 cm³/mol. The van der Waals surface area contributed by atoms with Gasteiger partial charge in [-0.3, -0.25) is 4.79 Å². The highest BCUT2D eigenvalue weighted by atomic mass is 16.3. The van der Waals surface area contributed by atoms with Gasteiger partial charge in [-0.05, 0) is 78.9 Å². The minimum absolute atomic E-state index is 0.0747. The van der Waals surface area contributed by atoms with E-state index >= 15 is 0 Å². The number of carbonyl (C=O) groups excluding carboxylic acids is 1. The van der Waals surface area contributed by atoms with Crippen LogP contribution in [0.1, 0.15) is 72.1 Å². The molecule has 4 rings (SSSR count). The van der Waals surface area contributed by atoms with Gasteiger partial charge in [0.05, 0.1) is 6.10 Å². The number of rotatable bonds is 0. The molecule has 124 valence electrons. The van der Waals surface area contributed by atoms with Gasteiger partial charge in [-0.2, -0.15) is 0 Å². The van der Waals surface area contributed by atoms with Gasteiger partial charge in [0.15, 0.2) is 0 Å². The third kappa shape index (κ3) is 1.79. The first kappa shape index (κ1) is 15.2. The Hall–Kier alpha value is -0.370. The zero-order valence-electron chi connectivity index (χ0n) is 14.5. The molecule has 4 fully saturated rings. The van der Waals surface area contributed by atoms with Gasteiger partial charge in [0.2, 0.25) is 0 Å². The maximum atomic E-state index is 12.1. The molecule has 0 spiro atoms. The molecule has 0 aromatic carbocycles. The molecule has 8 atom stereocenters. The Balaban J connectivity index is 1.67. The van der Waals surface area contributed by atoms with Crippen molar-refractivity contribution in [1.29, 1.82) is 0 Å². The highest BCUT2D eigenvalue weighted by Gasteiger charge is 2.61. The summed E-state index contributed by atoms with van der Waals surface area (Å²) < 4.78 is 0. The Morgan fingerprint density at radius 1 is 1.00 bits per heavy atom. The van der Waals surface area contributed by atoms with Crippen molar-refractivity contribution in [1.82, 2.24) is 0 Å². The number of aliphatic hydroxyl groups is 1. The summed E-state index contributed by atoms with van der Waals surface area (Å²) in [6.07, 6.45) is 8.84. The molecule has 2 nitrogen and oxygen atoms in total. The Labute approximate surface area is 135 Å². The minimum Gasteiger partial charge on any atom is -0.393 e. The largest absolute Gasteiger partial charge is 0.393 e. The SMILES string of the molecule is C[C@@H]1CC(=O)C[C@H]2CC[C@H]3C(CC[C@]4(C)C3CC[C@H]4O)[C@@]21C. The van der Waals surface area contributed by atoms with Crippen molar-refractivity contribution in [3.05, 3.63) is 0 Å². The lowest BCUT2D eigenvalue weighted by Gasteiger charge is -2.62. The van der Waals surface area contributed by atoms with Crippen LogP contribution in [-0.4, -0.2) is 17.0 Å². The molecule has 2 heteroatoms. The smallest absolute Gasteiger partial charge is 0.133 e. The van der Waals surface area contributed by atoms with Crippen LogP contribution in [0.4, 0.5) is 0 Å². The van der Waals surface area contributed by atoms with E-state index in [2.05, 4.69) is 20.8 Å². The van der Waals surface area contributed by atoms with Crippen LogP contribution in [0.3, 0.4) is 0 Å². The summed E-state index contributed by atoms with van der Waals surface area (Å²) in [7, 11) is 0. The molecule has 0 aromatic rings. The number of carbonyl (C=O) groups is 1. The summed E-state index contributed by atoms with van der Waals surface area (Å²) in [5.41, 5.74) is 0.545. The summed E-state index contributed by atoms with van der Waals surface area (Å²) in [6, 6.07) is 0. The van der Waals surface area contributed by atoms with Crippen LogP contribution in [0.15, 0.2) is 0 Å². The maximum absolute atomic E-state index is 12.1. The van der Waals surface area contributed by atoms with E-state index in [0.29, 0.717) is 23.0 Å². The van der Waals surface area contributed by atoms with Gasteiger partial charge in [0.25, 0.3) is 0 Å². The molecule has 4 aliphatic carbocycles. The third-order valence-electron chi connectivity index (χ3n) is 8.98. The Bertz CT molecular complexity index is 486. The molecule has 0 bridgehead atoms. The lowest BCUT2D eigenvalue weighted by atomic mass is 9.43. The highest BCUT2D eigenvalue weighted by molar-refractivity contribution is 5.80. The van der Waals surface area contributed by atoms with Crippen LogP contribution in [0.25, 0.3) is 0 Å². The summed E-state index contributed by atoms with van der Waals surface area (Å²) in [5, 5.41) is 10.5. The minimum atomic E-state index is -0.0747. The molecule has 0 radical (unpaired) electrons. The average molecular weight is 304 g/mol. The number of ketones is 1. The van der Waals surface area contributed by atoms with E-state index in [-0.39, 0.29) is 11.5 Å². The number of aliphatic hydroxyl groups excluding tert-OH is 1. The highest BCUT2D eigenvalue weighted by Crippen LogP contribution is 2.66. The molecule has 4 aliphatic rings. The molecule has 1 N–H and O–H groups in total. The summed E-state index contributed by atoms with van der Waals surface area (Å²) in [5.74, 6) is 3.99. The molecule has 2 unspecified atom stereocenters. The van der Waals surface area contributed by atoms with E-state index in [1.807, 2.05) is 0 Å². The standard InChI is InChI=1S/C20H32O2/c1-12-10-14(21)11-13-4-5-15-16-6-7-18(22)19(16,2)9-8-17(15)20(12,13)3/h12-13,15-18,22H,4-11H2,1-3H3/t12-,13-,15-,16?,17?,18-,19-,20-/m1/s1. The van der Waals surface area contributed by atoms with Crippen LogP contribution in [0.2, 0.25) is 0 Å². The monoisotopic (exact) mass is 304 g/mol. The summed E-state index contributed by atoms with van der Waals surface area (Å²) in [6.45, 7) is 7.21. The second-order valence-electron chi connectivity index (χ2n) is 9.50. The van der Waals surface area contributed by atoms with E-state index < -0.39 is 0 Å². The van der Waals surface area contributed by atoms with Crippen LogP contribution in [0, 0.1) is 40.4 Å². The van der Waals surface area contributed by atoms with Gasteiger partial charge >= 0.3 is 0 Å².